The van der Waals surface area contributed by atoms with Crippen LogP contribution in [0.5, 0.6) is 0 Å². The number of hydrogen-bond acceptors (Lipinski definition) is 17. The molecule has 4 aliphatic heterocycles. The maximum Gasteiger partial charge on any atom is 0.323 e. The van der Waals surface area contributed by atoms with Crippen molar-refractivity contribution >= 4 is 86.8 Å². The van der Waals surface area contributed by atoms with Gasteiger partial charge in [-0.25, -0.2) is 14.4 Å². The molecule has 0 aliphatic carbocycles. The van der Waals surface area contributed by atoms with E-state index in [1.54, 1.807) is 57.0 Å². The lowest BCUT2D eigenvalue weighted by molar-refractivity contribution is -0.131. The minimum Gasteiger partial charge on any atom is -0.353 e. The molecule has 0 radical (unpaired) electrons. The summed E-state index contributed by atoms with van der Waals surface area (Å²) in [6.45, 7) is 13.2. The molecule has 23 nitrogen and oxygen atoms in total. The number of carbonyl (C=O) groups is 7. The van der Waals surface area contributed by atoms with Crippen LogP contribution in [0.1, 0.15) is 0 Å². The fourth-order valence-electron chi connectivity index (χ4n) is 6.36. The van der Waals surface area contributed by atoms with Crippen molar-refractivity contribution in [1.29, 1.82) is 0 Å². The van der Waals surface area contributed by atoms with E-state index >= 15 is 0 Å². The first kappa shape index (κ1) is 55.3. The second kappa shape index (κ2) is 28.9. The fourth-order valence-corrected chi connectivity index (χ4v) is 10.1. The first-order valence-electron chi connectivity index (χ1n) is 21.6. The van der Waals surface area contributed by atoms with Crippen LogP contribution in [-0.2, 0) is 19.2 Å². The van der Waals surface area contributed by atoms with E-state index in [0.29, 0.717) is 79.6 Å². The number of nitrogens with one attached hydrogen (secondary N) is 4. The number of hydrogen-bond donors (Lipinski definition) is 8. The largest absolute Gasteiger partial charge is 0.353 e. The first-order valence-corrected chi connectivity index (χ1v) is 26.4. The molecule has 10 amide bonds. The van der Waals surface area contributed by atoms with Crippen molar-refractivity contribution in [3.8, 4) is 0 Å². The lowest BCUT2D eigenvalue weighted by Crippen LogP contribution is -2.52. The Morgan fingerprint density at radius 2 is 0.809 bits per heavy atom. The van der Waals surface area contributed by atoms with Gasteiger partial charge in [-0.2, -0.15) is 23.5 Å². The molecule has 0 aromatic carbocycles. The van der Waals surface area contributed by atoms with E-state index in [4.69, 9.17) is 22.9 Å². The summed E-state index contributed by atoms with van der Waals surface area (Å²) in [7, 11) is 3.08. The predicted molar refractivity (Wildman–Crippen MR) is 270 cm³/mol. The summed E-state index contributed by atoms with van der Waals surface area (Å²) in [6.07, 6.45) is 13.3. The van der Waals surface area contributed by atoms with Crippen molar-refractivity contribution in [1.82, 2.24) is 60.5 Å². The van der Waals surface area contributed by atoms with Crippen LogP contribution in [-0.4, -0.2) is 206 Å². The molecule has 4 heterocycles. The second-order valence-corrected chi connectivity index (χ2v) is 20.2. The van der Waals surface area contributed by atoms with Crippen LogP contribution >= 0.6 is 45.1 Å². The van der Waals surface area contributed by atoms with E-state index in [0.717, 1.165) is 0 Å². The van der Waals surface area contributed by atoms with E-state index in [-0.39, 0.29) is 56.0 Å². The van der Waals surface area contributed by atoms with E-state index in [1.807, 2.05) is 0 Å². The van der Waals surface area contributed by atoms with Gasteiger partial charge < -0.3 is 68.7 Å². The third kappa shape index (κ3) is 18.7. The Bertz CT molecular complexity index is 1810. The molecule has 4 unspecified atom stereocenters. The van der Waals surface area contributed by atoms with Gasteiger partial charge >= 0.3 is 18.1 Å². The zero-order valence-electron chi connectivity index (χ0n) is 37.9. The highest BCUT2D eigenvalue weighted by molar-refractivity contribution is 8.76. The van der Waals surface area contributed by atoms with Crippen LogP contribution in [0.2, 0.25) is 0 Å². The Balaban J connectivity index is 1.26. The van der Waals surface area contributed by atoms with Gasteiger partial charge in [0, 0.05) is 98.6 Å². The summed E-state index contributed by atoms with van der Waals surface area (Å²) in [6, 6.07) is -1.43. The Hall–Kier alpha value is -5.29. The summed E-state index contributed by atoms with van der Waals surface area (Å²) in [5.41, 5.74) is 23.1. The Labute approximate surface area is 413 Å². The van der Waals surface area contributed by atoms with Crippen LogP contribution in [0.15, 0.2) is 87.1 Å². The highest BCUT2D eigenvalue weighted by atomic mass is 33.1. The lowest BCUT2D eigenvalue weighted by Gasteiger charge is -2.31. The normalized spacial score (nSPS) is 19.8. The summed E-state index contributed by atoms with van der Waals surface area (Å²) in [4.78, 5) is 102. The number of carbonyl (C=O) groups excluding carboxylic acids is 7. The molecular weight excluding hydrogens is 957 g/mol. The molecule has 0 bridgehead atoms. The lowest BCUT2D eigenvalue weighted by atomic mass is 10.3. The molecule has 0 spiro atoms. The SMILES string of the molecule is C=CN(CCSCCN(CCSSCCN(CCSCCN(C=C)C(=O)CN1C=CC(N)NC1=O)C(=O)CN1C=CC(N)NC1=O)C(=O)CN1C=CC(N)NC1=O)C(=O)CN1C=CC(N)NC1=C. The van der Waals surface area contributed by atoms with Crippen molar-refractivity contribution in [2.45, 2.75) is 24.7 Å². The molecule has 0 aromatic heterocycles. The average Bonchev–Trinajstić information content (AvgIpc) is 3.29. The zero-order valence-corrected chi connectivity index (χ0v) is 41.2. The molecule has 4 aliphatic rings. The topological polar surface area (TPSA) is 298 Å². The third-order valence-electron chi connectivity index (χ3n) is 10.2. The Morgan fingerprint density at radius 3 is 1.16 bits per heavy atom. The average molecular weight is 1020 g/mol. The van der Waals surface area contributed by atoms with Crippen LogP contribution < -0.4 is 44.2 Å². The fraction of sp³-hybridized carbons (Fsp3) is 0.488. The number of urea groups is 3. The van der Waals surface area contributed by atoms with Crippen molar-refractivity contribution in [3.05, 3.63) is 87.1 Å². The second-order valence-electron chi connectivity index (χ2n) is 15.1. The maximum atomic E-state index is 13.6. The minimum absolute atomic E-state index is 0.0597. The van der Waals surface area contributed by atoms with Gasteiger partial charge in [-0.15, -0.1) is 0 Å². The monoisotopic (exact) mass is 1020 g/mol. The first-order chi connectivity index (χ1) is 32.6. The van der Waals surface area contributed by atoms with Crippen molar-refractivity contribution < 1.29 is 33.6 Å². The predicted octanol–water partition coefficient (Wildman–Crippen LogP) is -0.918. The maximum absolute atomic E-state index is 13.6. The van der Waals surface area contributed by atoms with Gasteiger partial charge in [-0.3, -0.25) is 33.9 Å². The molecule has 4 atom stereocenters. The molecule has 12 N–H and O–H groups in total. The van der Waals surface area contributed by atoms with Gasteiger partial charge in [0.2, 0.25) is 23.6 Å². The van der Waals surface area contributed by atoms with E-state index in [9.17, 15) is 33.6 Å². The Kier molecular flexibility index (Phi) is 23.5. The minimum atomic E-state index is -0.646. The van der Waals surface area contributed by atoms with Gasteiger partial charge in [0.1, 0.15) is 26.2 Å². The standard InChI is InChI=1S/C41H64N16O7S4/c1-4-50(35(58)26-54-10-6-31(42)46-30(54)3)14-20-65-22-16-52(37(60)28-56-12-8-33(44)48-40(56)63)18-24-67-68-25-19-53(38(61)29-57-13-9-34(45)49-41(57)64)17-23-66-21-15-51(5-2)36(59)27-55-11-7-32(43)47-39(55)62/h4-13,31-34,46H,1-3,14-29,42-45H2,(H,47,62)(H,48,63)(H,49,64). The number of thioether (sulfide) groups is 2. The van der Waals surface area contributed by atoms with Crippen LogP contribution in [0.4, 0.5) is 14.4 Å². The van der Waals surface area contributed by atoms with E-state index < -0.39 is 36.6 Å². The van der Waals surface area contributed by atoms with E-state index in [2.05, 4.69) is 41.0 Å². The molecular formula is C41H64N16O7S4. The summed E-state index contributed by atoms with van der Waals surface area (Å²) < 4.78 is 0. The summed E-state index contributed by atoms with van der Waals surface area (Å²) >= 11 is 3.11. The van der Waals surface area contributed by atoms with E-state index in [1.165, 1.54) is 88.8 Å². The number of amides is 10. The number of nitrogens with zero attached hydrogens (tertiary/aromatic N) is 8. The molecule has 0 aromatic rings. The van der Waals surface area contributed by atoms with Crippen LogP contribution in [0.25, 0.3) is 0 Å². The highest BCUT2D eigenvalue weighted by Gasteiger charge is 2.26. The van der Waals surface area contributed by atoms with Gasteiger partial charge in [-0.1, -0.05) is 41.3 Å². The molecule has 374 valence electrons. The van der Waals surface area contributed by atoms with Crippen molar-refractivity contribution in [2.24, 2.45) is 22.9 Å². The summed E-state index contributed by atoms with van der Waals surface area (Å²) in [5, 5.41) is 10.7. The van der Waals surface area contributed by atoms with Gasteiger partial charge in [0.25, 0.3) is 0 Å². The zero-order chi connectivity index (χ0) is 49.6. The Morgan fingerprint density at radius 1 is 0.500 bits per heavy atom. The number of nitrogens with two attached hydrogens (primary N) is 4. The smallest absolute Gasteiger partial charge is 0.323 e. The summed E-state index contributed by atoms with van der Waals surface area (Å²) in [5.74, 6) is 2.84. The molecule has 4 rings (SSSR count). The van der Waals surface area contributed by atoms with Crippen LogP contribution in [0.3, 0.4) is 0 Å². The highest BCUT2D eigenvalue weighted by Crippen LogP contribution is 2.22. The molecule has 0 fully saturated rings. The third-order valence-corrected chi connectivity index (χ3v) is 14.4. The van der Waals surface area contributed by atoms with Gasteiger partial charge in [-0.05, 0) is 36.7 Å². The van der Waals surface area contributed by atoms with Crippen molar-refractivity contribution in [3.63, 3.8) is 0 Å². The number of rotatable bonds is 29. The van der Waals surface area contributed by atoms with Crippen LogP contribution in [0, 0.1) is 0 Å². The van der Waals surface area contributed by atoms with Gasteiger partial charge in [0.05, 0.1) is 30.5 Å². The van der Waals surface area contributed by atoms with Gasteiger partial charge in [0.15, 0.2) is 0 Å². The molecule has 0 saturated carbocycles. The molecule has 68 heavy (non-hydrogen) atoms. The quantitative estimate of drug-likeness (QED) is 0.0332. The van der Waals surface area contributed by atoms with Crippen molar-refractivity contribution in [2.75, 3.05) is 100.0 Å². The molecule has 27 heteroatoms. The molecule has 0 saturated heterocycles.